The zero-order valence-electron chi connectivity index (χ0n) is 14.7. The summed E-state index contributed by atoms with van der Waals surface area (Å²) in [4.78, 5) is 0.0640. The Kier molecular flexibility index (Phi) is 5.26. The molecule has 0 aromatic heterocycles. The van der Waals surface area contributed by atoms with E-state index in [1.807, 2.05) is 0 Å². The third-order valence-electron chi connectivity index (χ3n) is 4.78. The molecule has 152 valence electrons. The lowest BCUT2D eigenvalue weighted by Crippen LogP contribution is -2.59. The minimum absolute atomic E-state index is 0.0640. The van der Waals surface area contributed by atoms with Crippen molar-refractivity contribution in [2.75, 3.05) is 12.3 Å². The lowest BCUT2D eigenvalue weighted by atomic mass is 9.91. The second-order valence-electron chi connectivity index (χ2n) is 6.52. The Morgan fingerprint density at radius 3 is 2.00 bits per heavy atom. The minimum atomic E-state index is -4.93. The molecule has 1 saturated heterocycles. The van der Waals surface area contributed by atoms with Gasteiger partial charge in [-0.05, 0) is 35.4 Å². The average Bonchev–Trinajstić information content (AvgIpc) is 3.03. The first-order chi connectivity index (χ1) is 12.9. The number of benzene rings is 2. The molecule has 2 aromatic carbocycles. The first kappa shape index (κ1) is 21.1. The zero-order valence-corrected chi connectivity index (χ0v) is 16.3. The molecule has 1 heterocycles. The van der Waals surface area contributed by atoms with Gasteiger partial charge in [-0.2, -0.15) is 13.2 Å². The van der Waals surface area contributed by atoms with E-state index in [0.29, 0.717) is 16.1 Å². The highest BCUT2D eigenvalue weighted by Crippen LogP contribution is 2.40. The van der Waals surface area contributed by atoms with Crippen LogP contribution in [-0.2, 0) is 15.5 Å². The Morgan fingerprint density at radius 2 is 1.57 bits per heavy atom. The highest BCUT2D eigenvalue weighted by molar-refractivity contribution is 7.91. The number of hydrogen-bond acceptors (Lipinski definition) is 5. The van der Waals surface area contributed by atoms with Gasteiger partial charge in [0, 0.05) is 11.6 Å². The van der Waals surface area contributed by atoms with Gasteiger partial charge in [0.05, 0.1) is 10.6 Å². The molecule has 1 aliphatic heterocycles. The molecule has 3 rings (SSSR count). The molecule has 1 aliphatic rings. The fourth-order valence-electron chi connectivity index (χ4n) is 3.12. The van der Waals surface area contributed by atoms with Gasteiger partial charge in [-0.1, -0.05) is 42.8 Å². The molecular weight excluding hydrogens is 417 g/mol. The Hall–Kier alpha value is -1.65. The molecule has 2 atom stereocenters. The Balaban J connectivity index is 2.12. The Bertz CT molecular complexity index is 965. The van der Waals surface area contributed by atoms with Gasteiger partial charge in [0.2, 0.25) is 5.72 Å². The van der Waals surface area contributed by atoms with Gasteiger partial charge in [0.15, 0.2) is 9.84 Å². The van der Waals surface area contributed by atoms with E-state index in [1.165, 1.54) is 55.5 Å². The van der Waals surface area contributed by atoms with Crippen LogP contribution in [0, 0.1) is 0 Å². The van der Waals surface area contributed by atoms with Crippen LogP contribution >= 0.6 is 11.6 Å². The van der Waals surface area contributed by atoms with Crippen molar-refractivity contribution in [3.05, 3.63) is 64.7 Å². The van der Waals surface area contributed by atoms with Crippen molar-refractivity contribution in [2.24, 2.45) is 0 Å². The highest BCUT2D eigenvalue weighted by atomic mass is 35.5. The minimum Gasteiger partial charge on any atom is -0.367 e. The molecule has 5 nitrogen and oxygen atoms in total. The van der Waals surface area contributed by atoms with E-state index in [-0.39, 0.29) is 10.6 Å². The van der Waals surface area contributed by atoms with Crippen LogP contribution in [0.2, 0.25) is 5.02 Å². The normalized spacial score (nSPS) is 25.8. The van der Waals surface area contributed by atoms with Gasteiger partial charge in [-0.3, -0.25) is 10.6 Å². The summed E-state index contributed by atoms with van der Waals surface area (Å²) in [7, 11) is -3.46. The lowest BCUT2D eigenvalue weighted by molar-refractivity contribution is -0.263. The summed E-state index contributed by atoms with van der Waals surface area (Å²) in [5.41, 5.74) is -4.07. The fraction of sp³-hybridized carbons (Fsp3) is 0.333. The van der Waals surface area contributed by atoms with E-state index < -0.39 is 33.9 Å². The maximum Gasteiger partial charge on any atom is 0.432 e. The van der Waals surface area contributed by atoms with E-state index in [4.69, 9.17) is 11.6 Å². The number of nitrogens with one attached hydrogen (secondary N) is 2. The number of aliphatic hydroxyl groups is 1. The van der Waals surface area contributed by atoms with Gasteiger partial charge in [-0.25, -0.2) is 8.42 Å². The molecule has 3 N–H and O–H groups in total. The summed E-state index contributed by atoms with van der Waals surface area (Å²) in [5, 5.41) is 15.5. The van der Waals surface area contributed by atoms with E-state index in [2.05, 4.69) is 10.6 Å². The van der Waals surface area contributed by atoms with E-state index in [9.17, 15) is 26.7 Å². The maximum atomic E-state index is 13.4. The first-order valence-electron chi connectivity index (χ1n) is 8.36. The van der Waals surface area contributed by atoms with Crippen LogP contribution in [-0.4, -0.2) is 37.7 Å². The largest absolute Gasteiger partial charge is 0.432 e. The smallest absolute Gasteiger partial charge is 0.367 e. The molecule has 0 amide bonds. The predicted molar refractivity (Wildman–Crippen MR) is 98.5 cm³/mol. The van der Waals surface area contributed by atoms with Crippen molar-refractivity contribution in [1.29, 1.82) is 0 Å². The molecule has 0 aliphatic carbocycles. The van der Waals surface area contributed by atoms with Gasteiger partial charge >= 0.3 is 6.18 Å². The molecule has 2 aromatic rings. The van der Waals surface area contributed by atoms with Crippen molar-refractivity contribution in [2.45, 2.75) is 29.4 Å². The number of rotatable bonds is 4. The molecule has 10 heteroatoms. The van der Waals surface area contributed by atoms with Crippen LogP contribution in [0.15, 0.2) is 53.4 Å². The van der Waals surface area contributed by atoms with Crippen LogP contribution in [0.25, 0.3) is 0 Å². The molecule has 0 radical (unpaired) electrons. The Labute approximate surface area is 165 Å². The molecule has 28 heavy (non-hydrogen) atoms. The zero-order chi connectivity index (χ0) is 20.8. The molecule has 0 spiro atoms. The van der Waals surface area contributed by atoms with Crippen LogP contribution < -0.4 is 10.6 Å². The number of sulfone groups is 1. The number of hydrogen-bond donors (Lipinski definition) is 3. The quantitative estimate of drug-likeness (QED) is 0.689. The van der Waals surface area contributed by atoms with Crippen LogP contribution in [0.3, 0.4) is 0 Å². The summed E-state index contributed by atoms with van der Waals surface area (Å²) in [6.07, 6.45) is -4.93. The van der Waals surface area contributed by atoms with Crippen molar-refractivity contribution >= 4 is 21.4 Å². The third-order valence-corrected chi connectivity index (χ3v) is 6.78. The number of halogens is 4. The Morgan fingerprint density at radius 1 is 1.07 bits per heavy atom. The summed E-state index contributed by atoms with van der Waals surface area (Å²) in [5.74, 6) is -0.0982. The number of alkyl halides is 3. The van der Waals surface area contributed by atoms with Crippen LogP contribution in [0.5, 0.6) is 0 Å². The number of β-amino-alcohol motifs (C(OH)–C–C–N with tert-alkyl or cyclic N) is 1. The SMILES string of the molecule is CCS(=O)(=O)c1ccc(C2(c3ccc(Cl)cc3)NCC(O)(C(F)(F)F)N2)cc1. The third kappa shape index (κ3) is 3.53. The predicted octanol–water partition coefficient (Wildman–Crippen LogP) is 2.78. The van der Waals surface area contributed by atoms with Crippen LogP contribution in [0.1, 0.15) is 18.1 Å². The van der Waals surface area contributed by atoms with Gasteiger partial charge < -0.3 is 5.11 Å². The van der Waals surface area contributed by atoms with Crippen molar-refractivity contribution in [3.8, 4) is 0 Å². The summed E-state index contributed by atoms with van der Waals surface area (Å²) in [6.45, 7) is 0.704. The molecular formula is C18H18ClF3N2O3S. The maximum absolute atomic E-state index is 13.4. The van der Waals surface area contributed by atoms with Gasteiger partial charge in [-0.15, -0.1) is 0 Å². The van der Waals surface area contributed by atoms with Crippen molar-refractivity contribution < 1.29 is 26.7 Å². The standard InChI is InChI=1S/C18H18ClF3N2O3S/c1-2-28(26,27)15-9-5-13(6-10-15)17(12-3-7-14(19)8-4-12)23-11-16(25,24-17)18(20,21)22/h3-10,23-25H,2,11H2,1H3. The van der Waals surface area contributed by atoms with E-state index >= 15 is 0 Å². The second-order valence-corrected chi connectivity index (χ2v) is 9.24. The highest BCUT2D eigenvalue weighted by Gasteiger charge is 2.62. The van der Waals surface area contributed by atoms with Crippen LogP contribution in [0.4, 0.5) is 13.2 Å². The molecule has 2 unspecified atom stereocenters. The van der Waals surface area contributed by atoms with Crippen molar-refractivity contribution in [3.63, 3.8) is 0 Å². The summed E-state index contributed by atoms with van der Waals surface area (Å²) >= 11 is 5.89. The van der Waals surface area contributed by atoms with Gasteiger partial charge in [0.25, 0.3) is 0 Å². The average molecular weight is 435 g/mol. The van der Waals surface area contributed by atoms with Gasteiger partial charge in [0.1, 0.15) is 5.66 Å². The summed E-state index contributed by atoms with van der Waals surface area (Å²) < 4.78 is 64.2. The van der Waals surface area contributed by atoms with Crippen molar-refractivity contribution in [1.82, 2.24) is 10.6 Å². The van der Waals surface area contributed by atoms with E-state index in [1.54, 1.807) is 0 Å². The van der Waals surface area contributed by atoms with E-state index in [0.717, 1.165) is 0 Å². The lowest BCUT2D eigenvalue weighted by Gasteiger charge is -2.34. The monoisotopic (exact) mass is 434 g/mol. The molecule has 0 saturated carbocycles. The molecule has 1 fully saturated rings. The fourth-order valence-corrected chi connectivity index (χ4v) is 4.13. The molecule has 0 bridgehead atoms. The summed E-state index contributed by atoms with van der Waals surface area (Å²) in [6, 6.07) is 11.6. The topological polar surface area (TPSA) is 78.4 Å². The second kappa shape index (κ2) is 7.00. The first-order valence-corrected chi connectivity index (χ1v) is 10.4.